The maximum Gasteiger partial charge on any atom is 0.321 e. The van der Waals surface area contributed by atoms with Crippen molar-refractivity contribution in [3.63, 3.8) is 0 Å². The minimum absolute atomic E-state index is 0.200. The van der Waals surface area contributed by atoms with E-state index in [0.717, 1.165) is 11.8 Å². The van der Waals surface area contributed by atoms with E-state index in [9.17, 15) is 9.59 Å². The van der Waals surface area contributed by atoms with Gasteiger partial charge in [0.2, 0.25) is 0 Å². The molecule has 100 valence electrons. The molecule has 0 saturated heterocycles. The van der Waals surface area contributed by atoms with Crippen LogP contribution in [-0.2, 0) is 14.3 Å². The molecule has 0 aromatic heterocycles. The zero-order valence-corrected chi connectivity index (χ0v) is 12.0. The molecule has 0 fully saturated rings. The molecule has 0 N–H and O–H groups in total. The zero-order chi connectivity index (χ0) is 13.7. The van der Waals surface area contributed by atoms with Crippen LogP contribution in [0.25, 0.3) is 0 Å². The molecule has 0 bridgehead atoms. The smallest absolute Gasteiger partial charge is 0.321 e. The lowest BCUT2D eigenvalue weighted by Gasteiger charge is -2.11. The minimum Gasteiger partial charge on any atom is -0.465 e. The summed E-state index contributed by atoms with van der Waals surface area (Å²) in [5.74, 6) is -1.22. The molecule has 5 nitrogen and oxygen atoms in total. The van der Waals surface area contributed by atoms with Gasteiger partial charge >= 0.3 is 5.97 Å². The van der Waals surface area contributed by atoms with Crippen molar-refractivity contribution in [3.8, 4) is 0 Å². The Morgan fingerprint density at radius 3 is 2.78 bits per heavy atom. The number of nitrogens with zero attached hydrogens (tertiary/aromatic N) is 2. The van der Waals surface area contributed by atoms with Crippen LogP contribution in [0.3, 0.4) is 0 Å². The number of hydrogen-bond acceptors (Lipinski definition) is 6. The van der Waals surface area contributed by atoms with Crippen molar-refractivity contribution in [2.75, 3.05) is 27.4 Å². The Labute approximate surface area is 115 Å². The molecule has 0 amide bonds. The van der Waals surface area contributed by atoms with Crippen LogP contribution < -0.4 is 0 Å². The molecule has 0 spiro atoms. The van der Waals surface area contributed by atoms with E-state index in [-0.39, 0.29) is 11.6 Å². The Morgan fingerprint density at radius 1 is 1.61 bits per heavy atom. The van der Waals surface area contributed by atoms with E-state index in [4.69, 9.17) is 16.3 Å². The number of hydrogen-bond donors (Lipinski definition) is 0. The van der Waals surface area contributed by atoms with Gasteiger partial charge in [-0.2, -0.15) is 0 Å². The monoisotopic (exact) mass is 290 g/mol. The van der Waals surface area contributed by atoms with Gasteiger partial charge in [-0.25, -0.2) is 0 Å². The highest BCUT2D eigenvalue weighted by molar-refractivity contribution is 8.18. The minimum atomic E-state index is -0.753. The van der Waals surface area contributed by atoms with Crippen molar-refractivity contribution in [2.24, 2.45) is 10.9 Å². The molecule has 1 aliphatic rings. The van der Waals surface area contributed by atoms with Gasteiger partial charge in [-0.3, -0.25) is 19.5 Å². The van der Waals surface area contributed by atoms with Gasteiger partial charge < -0.3 is 4.74 Å². The van der Waals surface area contributed by atoms with Gasteiger partial charge in [0.05, 0.1) is 28.3 Å². The summed E-state index contributed by atoms with van der Waals surface area (Å²) in [5, 5.41) is 0.709. The average Bonchev–Trinajstić information content (AvgIpc) is 2.63. The van der Waals surface area contributed by atoms with E-state index in [2.05, 4.69) is 4.99 Å². The van der Waals surface area contributed by atoms with Gasteiger partial charge in [0.1, 0.15) is 5.92 Å². The summed E-state index contributed by atoms with van der Waals surface area (Å²) in [7, 11) is 3.72. The number of aliphatic imine (C=N–C) groups is 1. The van der Waals surface area contributed by atoms with Crippen LogP contribution in [-0.4, -0.2) is 49.6 Å². The van der Waals surface area contributed by atoms with E-state index in [1.165, 1.54) is 0 Å². The van der Waals surface area contributed by atoms with E-state index >= 15 is 0 Å². The van der Waals surface area contributed by atoms with Crippen LogP contribution in [0, 0.1) is 5.92 Å². The predicted octanol–water partition coefficient (Wildman–Crippen LogP) is 1.48. The standard InChI is InChI=1S/C11H15ClN2O3S/c1-4-17-11(16)8-9(12)7(5-15)18-10(8)13-6-14(2)3/h5,8H,4,6H2,1-3H3. The van der Waals surface area contributed by atoms with Gasteiger partial charge in [-0.15, -0.1) is 0 Å². The van der Waals surface area contributed by atoms with Crippen LogP contribution >= 0.6 is 23.4 Å². The molecular weight excluding hydrogens is 276 g/mol. The third-order valence-electron chi connectivity index (χ3n) is 2.09. The molecule has 1 heterocycles. The maximum atomic E-state index is 11.8. The summed E-state index contributed by atoms with van der Waals surface area (Å²) in [4.78, 5) is 29.1. The Hall–Kier alpha value is -0.850. The first kappa shape index (κ1) is 15.2. The van der Waals surface area contributed by atoms with E-state index < -0.39 is 11.9 Å². The molecular formula is C11H15ClN2O3S. The quantitative estimate of drug-likeness (QED) is 0.567. The van der Waals surface area contributed by atoms with Crippen molar-refractivity contribution < 1.29 is 14.3 Å². The number of aldehydes is 1. The average molecular weight is 291 g/mol. The third-order valence-corrected chi connectivity index (χ3v) is 3.73. The van der Waals surface area contributed by atoms with E-state index in [1.807, 2.05) is 19.0 Å². The van der Waals surface area contributed by atoms with Crippen molar-refractivity contribution in [2.45, 2.75) is 6.92 Å². The van der Waals surface area contributed by atoms with Crippen LogP contribution in [0.15, 0.2) is 14.9 Å². The highest BCUT2D eigenvalue weighted by Crippen LogP contribution is 2.40. The van der Waals surface area contributed by atoms with Crippen molar-refractivity contribution in [1.29, 1.82) is 0 Å². The van der Waals surface area contributed by atoms with Crippen LogP contribution in [0.1, 0.15) is 6.92 Å². The first-order chi connectivity index (χ1) is 8.51. The van der Waals surface area contributed by atoms with Crippen LogP contribution in [0.5, 0.6) is 0 Å². The van der Waals surface area contributed by atoms with Crippen molar-refractivity contribution in [3.05, 3.63) is 9.94 Å². The number of ether oxygens (including phenoxy) is 1. The van der Waals surface area contributed by atoms with Crippen LogP contribution in [0.4, 0.5) is 0 Å². The normalized spacial score (nSPS) is 21.8. The summed E-state index contributed by atoms with van der Waals surface area (Å²) in [5.41, 5.74) is 0. The maximum absolute atomic E-state index is 11.8. The zero-order valence-electron chi connectivity index (χ0n) is 10.5. The number of esters is 1. The van der Waals surface area contributed by atoms with E-state index in [1.54, 1.807) is 6.92 Å². The second-order valence-electron chi connectivity index (χ2n) is 3.83. The Bertz CT molecular complexity index is 407. The molecule has 0 aromatic carbocycles. The second kappa shape index (κ2) is 6.92. The largest absolute Gasteiger partial charge is 0.465 e. The van der Waals surface area contributed by atoms with Crippen molar-refractivity contribution in [1.82, 2.24) is 4.90 Å². The summed E-state index contributed by atoms with van der Waals surface area (Å²) >= 11 is 7.14. The molecule has 0 saturated carbocycles. The number of carbonyl (C=O) groups excluding carboxylic acids is 2. The molecule has 1 rings (SSSR count). The molecule has 1 aliphatic heterocycles. The molecule has 0 radical (unpaired) electrons. The number of halogens is 1. The first-order valence-corrected chi connectivity index (χ1v) is 6.59. The molecule has 1 unspecified atom stereocenters. The fraction of sp³-hybridized carbons (Fsp3) is 0.545. The molecule has 18 heavy (non-hydrogen) atoms. The lowest BCUT2D eigenvalue weighted by Crippen LogP contribution is -2.23. The number of allylic oxidation sites excluding steroid dienone is 1. The Morgan fingerprint density at radius 2 is 2.28 bits per heavy atom. The SMILES string of the molecule is CCOC(=O)C1C(=NCN(C)C)SC(C=O)=C1Cl. The van der Waals surface area contributed by atoms with Crippen molar-refractivity contribution >= 4 is 40.7 Å². The molecule has 0 aromatic rings. The second-order valence-corrected chi connectivity index (χ2v) is 5.30. The summed E-state index contributed by atoms with van der Waals surface area (Å²) < 4.78 is 4.94. The number of thioether (sulfide) groups is 1. The number of rotatable bonds is 5. The topological polar surface area (TPSA) is 59.0 Å². The van der Waals surface area contributed by atoms with Gasteiger partial charge in [0.15, 0.2) is 6.29 Å². The Kier molecular flexibility index (Phi) is 5.84. The van der Waals surface area contributed by atoms with Gasteiger partial charge in [0, 0.05) is 0 Å². The molecule has 7 heteroatoms. The predicted molar refractivity (Wildman–Crippen MR) is 72.6 cm³/mol. The fourth-order valence-electron chi connectivity index (χ4n) is 1.32. The van der Waals surface area contributed by atoms with Gasteiger partial charge in [0.25, 0.3) is 0 Å². The highest BCUT2D eigenvalue weighted by Gasteiger charge is 2.38. The summed E-state index contributed by atoms with van der Waals surface area (Å²) in [6, 6.07) is 0. The third kappa shape index (κ3) is 3.57. The lowest BCUT2D eigenvalue weighted by atomic mass is 10.1. The number of carbonyl (C=O) groups is 2. The fourth-order valence-corrected chi connectivity index (χ4v) is 2.68. The summed E-state index contributed by atoms with van der Waals surface area (Å²) in [6.45, 7) is 2.41. The lowest BCUT2D eigenvalue weighted by molar-refractivity contribution is -0.144. The summed E-state index contributed by atoms with van der Waals surface area (Å²) in [6.07, 6.45) is 0.636. The van der Waals surface area contributed by atoms with Crippen LogP contribution in [0.2, 0.25) is 0 Å². The van der Waals surface area contributed by atoms with Gasteiger partial charge in [-0.1, -0.05) is 23.4 Å². The molecule has 0 aliphatic carbocycles. The van der Waals surface area contributed by atoms with Gasteiger partial charge in [-0.05, 0) is 21.0 Å². The Balaban J connectivity index is 2.96. The van der Waals surface area contributed by atoms with E-state index in [0.29, 0.717) is 22.9 Å². The highest BCUT2D eigenvalue weighted by atomic mass is 35.5. The molecule has 1 atom stereocenters. The first-order valence-electron chi connectivity index (χ1n) is 5.39.